The molecule has 4 rings (SSSR count). The van der Waals surface area contributed by atoms with E-state index in [9.17, 15) is 19.8 Å². The molecule has 4 heteroatoms. The quantitative estimate of drug-likeness (QED) is 0.587. The van der Waals surface area contributed by atoms with Gasteiger partial charge in [-0.15, -0.1) is 0 Å². The Kier molecular flexibility index (Phi) is 2.39. The zero-order valence-electron chi connectivity index (χ0n) is 11.3. The van der Waals surface area contributed by atoms with Crippen LogP contribution in [-0.4, -0.2) is 22.2 Å². The van der Waals surface area contributed by atoms with Crippen LogP contribution < -0.4 is 0 Å². The van der Waals surface area contributed by atoms with Crippen LogP contribution in [0.2, 0.25) is 0 Å². The van der Waals surface area contributed by atoms with Crippen LogP contribution in [0, 0.1) is 0 Å². The third kappa shape index (κ3) is 1.46. The van der Waals surface area contributed by atoms with Crippen molar-refractivity contribution in [2.24, 2.45) is 0 Å². The predicted octanol–water partition coefficient (Wildman–Crippen LogP) is 3.88. The highest BCUT2D eigenvalue weighted by molar-refractivity contribution is 6.22. The third-order valence-corrected chi connectivity index (χ3v) is 4.11. The van der Waals surface area contributed by atoms with Gasteiger partial charge in [0.1, 0.15) is 0 Å². The topological polar surface area (TPSA) is 74.6 Å². The van der Waals surface area contributed by atoms with Crippen molar-refractivity contribution in [1.82, 2.24) is 0 Å². The standard InChI is InChI=1S/C18H10O4/c19-17(20)14-8-13-10-5-2-1-4-9(10)11-6-3-7-12(15(11)13)16(14)18(21)22/h1-8H,(H,19,20)(H,21,22). The van der Waals surface area contributed by atoms with E-state index in [1.165, 1.54) is 6.07 Å². The van der Waals surface area contributed by atoms with Crippen LogP contribution in [0.15, 0.2) is 48.5 Å². The molecule has 22 heavy (non-hydrogen) atoms. The van der Waals surface area contributed by atoms with Gasteiger partial charge in [0.25, 0.3) is 0 Å². The predicted molar refractivity (Wildman–Crippen MR) is 82.3 cm³/mol. The van der Waals surface area contributed by atoms with Gasteiger partial charge in [-0.1, -0.05) is 42.5 Å². The Morgan fingerprint density at radius 1 is 0.727 bits per heavy atom. The minimum atomic E-state index is -1.23. The van der Waals surface area contributed by atoms with Crippen molar-refractivity contribution in [3.05, 3.63) is 59.7 Å². The second kappa shape index (κ2) is 4.18. The monoisotopic (exact) mass is 290 g/mol. The molecule has 0 fully saturated rings. The molecular weight excluding hydrogens is 280 g/mol. The average Bonchev–Trinajstić information content (AvgIpc) is 2.83. The highest BCUT2D eigenvalue weighted by atomic mass is 16.4. The summed E-state index contributed by atoms with van der Waals surface area (Å²) in [5.41, 5.74) is 3.34. The average molecular weight is 290 g/mol. The maximum Gasteiger partial charge on any atom is 0.337 e. The lowest BCUT2D eigenvalue weighted by Gasteiger charge is -2.09. The highest BCUT2D eigenvalue weighted by Crippen LogP contribution is 2.48. The first-order chi connectivity index (χ1) is 10.6. The smallest absolute Gasteiger partial charge is 0.337 e. The molecule has 0 saturated heterocycles. The summed E-state index contributed by atoms with van der Waals surface area (Å²) in [7, 11) is 0. The molecule has 0 saturated carbocycles. The van der Waals surface area contributed by atoms with Crippen molar-refractivity contribution in [2.45, 2.75) is 0 Å². The molecule has 0 aromatic heterocycles. The second-order valence-corrected chi connectivity index (χ2v) is 5.23. The van der Waals surface area contributed by atoms with E-state index in [0.717, 1.165) is 27.6 Å². The Morgan fingerprint density at radius 2 is 1.36 bits per heavy atom. The van der Waals surface area contributed by atoms with Crippen molar-refractivity contribution in [2.75, 3.05) is 0 Å². The lowest BCUT2D eigenvalue weighted by molar-refractivity contribution is 0.0653. The van der Waals surface area contributed by atoms with E-state index in [1.54, 1.807) is 12.1 Å². The van der Waals surface area contributed by atoms with Gasteiger partial charge in [0, 0.05) is 0 Å². The Hall–Kier alpha value is -3.14. The van der Waals surface area contributed by atoms with Crippen LogP contribution in [0.3, 0.4) is 0 Å². The zero-order valence-corrected chi connectivity index (χ0v) is 11.3. The Balaban J connectivity index is 2.26. The number of fused-ring (bicyclic) bond motifs is 3. The molecule has 0 aliphatic heterocycles. The van der Waals surface area contributed by atoms with E-state index in [2.05, 4.69) is 0 Å². The number of carboxylic acid groups (broad SMARTS) is 2. The molecule has 3 aromatic rings. The van der Waals surface area contributed by atoms with Gasteiger partial charge < -0.3 is 10.2 Å². The summed E-state index contributed by atoms with van der Waals surface area (Å²) in [4.78, 5) is 23.1. The molecule has 2 N–H and O–H groups in total. The van der Waals surface area contributed by atoms with Crippen molar-refractivity contribution in [3.63, 3.8) is 0 Å². The number of rotatable bonds is 2. The molecule has 0 heterocycles. The minimum absolute atomic E-state index is 0.152. The van der Waals surface area contributed by atoms with Crippen molar-refractivity contribution in [1.29, 1.82) is 0 Å². The van der Waals surface area contributed by atoms with Gasteiger partial charge in [0.2, 0.25) is 0 Å². The summed E-state index contributed by atoms with van der Waals surface area (Å²) in [5.74, 6) is -2.46. The van der Waals surface area contributed by atoms with Crippen LogP contribution in [0.5, 0.6) is 0 Å². The maximum atomic E-state index is 11.6. The van der Waals surface area contributed by atoms with E-state index in [4.69, 9.17) is 0 Å². The first kappa shape index (κ1) is 12.6. The van der Waals surface area contributed by atoms with Crippen LogP contribution >= 0.6 is 0 Å². The third-order valence-electron chi connectivity index (χ3n) is 4.11. The summed E-state index contributed by atoms with van der Waals surface area (Å²) in [5, 5.41) is 20.1. The number of hydrogen-bond donors (Lipinski definition) is 2. The largest absolute Gasteiger partial charge is 0.478 e. The first-order valence-corrected chi connectivity index (χ1v) is 6.75. The summed E-state index contributed by atoms with van der Waals surface area (Å²) in [6.45, 7) is 0. The maximum absolute atomic E-state index is 11.6. The summed E-state index contributed by atoms with van der Waals surface area (Å²) < 4.78 is 0. The van der Waals surface area contributed by atoms with E-state index in [0.29, 0.717) is 5.39 Å². The van der Waals surface area contributed by atoms with Crippen LogP contribution in [0.4, 0.5) is 0 Å². The van der Waals surface area contributed by atoms with Gasteiger partial charge >= 0.3 is 11.9 Å². The normalized spacial score (nSPS) is 11.5. The van der Waals surface area contributed by atoms with Crippen LogP contribution in [-0.2, 0) is 0 Å². The first-order valence-electron chi connectivity index (χ1n) is 6.75. The fraction of sp³-hybridized carbons (Fsp3) is 0. The van der Waals surface area contributed by atoms with Crippen molar-refractivity contribution in [3.8, 4) is 22.3 Å². The van der Waals surface area contributed by atoms with Crippen molar-refractivity contribution < 1.29 is 19.8 Å². The highest BCUT2D eigenvalue weighted by Gasteiger charge is 2.28. The zero-order chi connectivity index (χ0) is 15.4. The number of hydrogen-bond acceptors (Lipinski definition) is 2. The van der Waals surface area contributed by atoms with E-state index >= 15 is 0 Å². The molecule has 0 spiro atoms. The van der Waals surface area contributed by atoms with Gasteiger partial charge in [-0.05, 0) is 39.1 Å². The van der Waals surface area contributed by atoms with Crippen molar-refractivity contribution >= 4 is 22.7 Å². The van der Waals surface area contributed by atoms with Gasteiger partial charge in [-0.2, -0.15) is 0 Å². The molecule has 106 valence electrons. The molecule has 1 aliphatic rings. The number of carboxylic acids is 2. The van der Waals surface area contributed by atoms with E-state index in [1.807, 2.05) is 30.3 Å². The van der Waals surface area contributed by atoms with Gasteiger partial charge in [0.05, 0.1) is 11.1 Å². The minimum Gasteiger partial charge on any atom is -0.478 e. The van der Waals surface area contributed by atoms with E-state index in [-0.39, 0.29) is 11.1 Å². The molecule has 0 bridgehead atoms. The fourth-order valence-electron chi connectivity index (χ4n) is 3.27. The van der Waals surface area contributed by atoms with Gasteiger partial charge in [0.15, 0.2) is 0 Å². The molecule has 0 amide bonds. The van der Waals surface area contributed by atoms with E-state index < -0.39 is 11.9 Å². The fourth-order valence-corrected chi connectivity index (χ4v) is 3.27. The lowest BCUT2D eigenvalue weighted by atomic mass is 9.94. The Morgan fingerprint density at radius 3 is 2.00 bits per heavy atom. The van der Waals surface area contributed by atoms with Gasteiger partial charge in [-0.3, -0.25) is 0 Å². The van der Waals surface area contributed by atoms with Crippen LogP contribution in [0.1, 0.15) is 20.7 Å². The number of benzene rings is 3. The molecule has 0 radical (unpaired) electrons. The lowest BCUT2D eigenvalue weighted by Crippen LogP contribution is -2.09. The summed E-state index contributed by atoms with van der Waals surface area (Å²) in [6.07, 6.45) is 0. The van der Waals surface area contributed by atoms with Gasteiger partial charge in [-0.25, -0.2) is 9.59 Å². The second-order valence-electron chi connectivity index (χ2n) is 5.23. The van der Waals surface area contributed by atoms with Crippen LogP contribution in [0.25, 0.3) is 33.0 Å². The Bertz CT molecular complexity index is 986. The Labute approximate surface area is 125 Å². The SMILES string of the molecule is O=C(O)c1cc2c3c(cccc3c1C(=O)O)-c1ccccc1-2. The number of carbonyl (C=O) groups is 2. The molecule has 0 unspecified atom stereocenters. The molecular formula is C18H10O4. The summed E-state index contributed by atoms with van der Waals surface area (Å²) >= 11 is 0. The molecule has 3 aromatic carbocycles. The summed E-state index contributed by atoms with van der Waals surface area (Å²) in [6, 6.07) is 14.5. The molecule has 0 atom stereocenters. The molecule has 4 nitrogen and oxygen atoms in total. The number of aromatic carboxylic acids is 2. The molecule has 1 aliphatic carbocycles.